The molecule has 2 aliphatic rings. The normalized spacial score (nSPS) is 29.6. The SMILES string of the molecule is CCC(C)C(C)NC1CC(=O)N(C2CC2)C1. The minimum atomic E-state index is 0.358. The zero-order valence-corrected chi connectivity index (χ0v) is 10.7. The van der Waals surface area contributed by atoms with Crippen LogP contribution in [0.3, 0.4) is 0 Å². The summed E-state index contributed by atoms with van der Waals surface area (Å²) in [7, 11) is 0. The van der Waals surface area contributed by atoms with Gasteiger partial charge in [0.25, 0.3) is 0 Å². The molecule has 2 rings (SSSR count). The van der Waals surface area contributed by atoms with E-state index in [1.165, 1.54) is 19.3 Å². The first kappa shape index (κ1) is 11.9. The van der Waals surface area contributed by atoms with Gasteiger partial charge in [-0.2, -0.15) is 0 Å². The molecule has 3 atom stereocenters. The second kappa shape index (κ2) is 4.74. The third-order valence-electron chi connectivity index (χ3n) is 4.14. The van der Waals surface area contributed by atoms with Gasteiger partial charge in [-0.3, -0.25) is 4.79 Å². The molecule has 1 aliphatic carbocycles. The molecule has 1 aliphatic heterocycles. The maximum Gasteiger partial charge on any atom is 0.224 e. The number of carbonyl (C=O) groups is 1. The molecule has 2 fully saturated rings. The van der Waals surface area contributed by atoms with Crippen molar-refractivity contribution in [2.45, 2.75) is 64.6 Å². The number of hydrogen-bond acceptors (Lipinski definition) is 2. The summed E-state index contributed by atoms with van der Waals surface area (Å²) in [6.45, 7) is 7.66. The largest absolute Gasteiger partial charge is 0.338 e. The van der Waals surface area contributed by atoms with Gasteiger partial charge in [-0.1, -0.05) is 20.3 Å². The molecule has 16 heavy (non-hydrogen) atoms. The molecule has 3 unspecified atom stereocenters. The third-order valence-corrected chi connectivity index (χ3v) is 4.14. The zero-order chi connectivity index (χ0) is 11.7. The summed E-state index contributed by atoms with van der Waals surface area (Å²) >= 11 is 0. The fourth-order valence-corrected chi connectivity index (χ4v) is 2.47. The van der Waals surface area contributed by atoms with Crippen LogP contribution in [0.4, 0.5) is 0 Å². The number of nitrogens with zero attached hydrogens (tertiary/aromatic N) is 1. The van der Waals surface area contributed by atoms with Crippen LogP contribution in [0.25, 0.3) is 0 Å². The lowest BCUT2D eigenvalue weighted by molar-refractivity contribution is -0.128. The van der Waals surface area contributed by atoms with Crippen LogP contribution in [0.2, 0.25) is 0 Å². The standard InChI is InChI=1S/C13H24N2O/c1-4-9(2)10(3)14-11-7-13(16)15(8-11)12-5-6-12/h9-12,14H,4-8H2,1-3H3. The van der Waals surface area contributed by atoms with Crippen LogP contribution in [0.1, 0.15) is 46.5 Å². The Bertz CT molecular complexity index is 263. The van der Waals surface area contributed by atoms with Crippen molar-refractivity contribution in [3.63, 3.8) is 0 Å². The summed E-state index contributed by atoms with van der Waals surface area (Å²) in [5, 5.41) is 3.61. The van der Waals surface area contributed by atoms with Gasteiger partial charge in [0.1, 0.15) is 0 Å². The molecule has 1 N–H and O–H groups in total. The van der Waals surface area contributed by atoms with Crippen LogP contribution in [0.15, 0.2) is 0 Å². The quantitative estimate of drug-likeness (QED) is 0.772. The van der Waals surface area contributed by atoms with Gasteiger partial charge in [0.15, 0.2) is 0 Å². The van der Waals surface area contributed by atoms with Crippen molar-refractivity contribution in [2.24, 2.45) is 5.92 Å². The number of carbonyl (C=O) groups excluding carboxylic acids is 1. The van der Waals surface area contributed by atoms with Crippen LogP contribution >= 0.6 is 0 Å². The van der Waals surface area contributed by atoms with Crippen molar-refractivity contribution in [3.05, 3.63) is 0 Å². The minimum absolute atomic E-state index is 0.358. The van der Waals surface area contributed by atoms with E-state index in [2.05, 4.69) is 31.0 Å². The lowest BCUT2D eigenvalue weighted by Crippen LogP contribution is -2.41. The molecular formula is C13H24N2O. The topological polar surface area (TPSA) is 32.3 Å². The molecule has 1 heterocycles. The number of rotatable bonds is 5. The average molecular weight is 224 g/mol. The molecule has 0 aromatic carbocycles. The minimum Gasteiger partial charge on any atom is -0.338 e. The van der Waals surface area contributed by atoms with Gasteiger partial charge in [0, 0.05) is 31.1 Å². The van der Waals surface area contributed by atoms with Gasteiger partial charge >= 0.3 is 0 Å². The first-order valence-corrected chi connectivity index (χ1v) is 6.67. The van der Waals surface area contributed by atoms with E-state index in [4.69, 9.17) is 0 Å². The molecule has 0 aromatic heterocycles. The van der Waals surface area contributed by atoms with Crippen LogP contribution in [-0.4, -0.2) is 35.5 Å². The van der Waals surface area contributed by atoms with Crippen molar-refractivity contribution in [2.75, 3.05) is 6.54 Å². The molecule has 1 amide bonds. The van der Waals surface area contributed by atoms with E-state index in [1.807, 2.05) is 0 Å². The van der Waals surface area contributed by atoms with Gasteiger partial charge in [0.05, 0.1) is 0 Å². The first-order valence-electron chi connectivity index (χ1n) is 6.67. The van der Waals surface area contributed by atoms with Crippen LogP contribution in [-0.2, 0) is 4.79 Å². The molecular weight excluding hydrogens is 200 g/mol. The predicted molar refractivity (Wildman–Crippen MR) is 65.2 cm³/mol. The Balaban J connectivity index is 1.81. The summed E-state index contributed by atoms with van der Waals surface area (Å²) in [6, 6.07) is 1.48. The molecule has 1 saturated carbocycles. The maximum absolute atomic E-state index is 11.8. The first-order chi connectivity index (χ1) is 7.61. The summed E-state index contributed by atoms with van der Waals surface area (Å²) in [5.74, 6) is 1.04. The zero-order valence-electron chi connectivity index (χ0n) is 10.7. The van der Waals surface area contributed by atoms with Gasteiger partial charge in [-0.05, 0) is 25.7 Å². The molecule has 0 bridgehead atoms. The lowest BCUT2D eigenvalue weighted by Gasteiger charge is -2.24. The van der Waals surface area contributed by atoms with Crippen molar-refractivity contribution in [1.29, 1.82) is 0 Å². The Kier molecular flexibility index (Phi) is 3.53. The fourth-order valence-electron chi connectivity index (χ4n) is 2.47. The Morgan fingerprint density at radius 2 is 2.12 bits per heavy atom. The van der Waals surface area contributed by atoms with E-state index in [0.29, 0.717) is 36.4 Å². The van der Waals surface area contributed by atoms with Gasteiger partial charge in [0.2, 0.25) is 5.91 Å². The Morgan fingerprint density at radius 1 is 1.44 bits per heavy atom. The van der Waals surface area contributed by atoms with Gasteiger partial charge < -0.3 is 10.2 Å². The Labute approximate surface area is 98.6 Å². The fraction of sp³-hybridized carbons (Fsp3) is 0.923. The molecule has 1 saturated heterocycles. The van der Waals surface area contributed by atoms with Crippen molar-refractivity contribution in [3.8, 4) is 0 Å². The van der Waals surface area contributed by atoms with Crippen LogP contribution in [0, 0.1) is 5.92 Å². The highest BCUT2D eigenvalue weighted by Gasteiger charge is 2.39. The number of nitrogens with one attached hydrogen (secondary N) is 1. The molecule has 3 heteroatoms. The molecule has 3 nitrogen and oxygen atoms in total. The smallest absolute Gasteiger partial charge is 0.224 e. The van der Waals surface area contributed by atoms with E-state index < -0.39 is 0 Å². The monoisotopic (exact) mass is 224 g/mol. The number of hydrogen-bond donors (Lipinski definition) is 1. The maximum atomic E-state index is 11.8. The molecule has 92 valence electrons. The highest BCUT2D eigenvalue weighted by molar-refractivity contribution is 5.80. The second-order valence-electron chi connectivity index (χ2n) is 5.52. The Morgan fingerprint density at radius 3 is 2.69 bits per heavy atom. The molecule has 0 aromatic rings. The third kappa shape index (κ3) is 2.57. The van der Waals surface area contributed by atoms with Gasteiger partial charge in [-0.15, -0.1) is 0 Å². The summed E-state index contributed by atoms with van der Waals surface area (Å²) < 4.78 is 0. The Hall–Kier alpha value is -0.570. The van der Waals surface area contributed by atoms with E-state index >= 15 is 0 Å². The van der Waals surface area contributed by atoms with Crippen molar-refractivity contribution >= 4 is 5.91 Å². The number of likely N-dealkylation sites (tertiary alicyclic amines) is 1. The van der Waals surface area contributed by atoms with E-state index in [0.717, 1.165) is 6.54 Å². The van der Waals surface area contributed by atoms with E-state index in [9.17, 15) is 4.79 Å². The van der Waals surface area contributed by atoms with Crippen molar-refractivity contribution in [1.82, 2.24) is 10.2 Å². The average Bonchev–Trinajstić information content (AvgIpc) is 3.03. The van der Waals surface area contributed by atoms with Crippen LogP contribution in [0.5, 0.6) is 0 Å². The highest BCUT2D eigenvalue weighted by atomic mass is 16.2. The van der Waals surface area contributed by atoms with Crippen LogP contribution < -0.4 is 5.32 Å². The molecule has 0 radical (unpaired) electrons. The lowest BCUT2D eigenvalue weighted by atomic mass is 10.00. The summed E-state index contributed by atoms with van der Waals surface area (Å²) in [5.41, 5.74) is 0. The highest BCUT2D eigenvalue weighted by Crippen LogP contribution is 2.30. The van der Waals surface area contributed by atoms with Crippen molar-refractivity contribution < 1.29 is 4.79 Å². The molecule has 0 spiro atoms. The number of amides is 1. The van der Waals surface area contributed by atoms with Gasteiger partial charge in [-0.25, -0.2) is 0 Å². The van der Waals surface area contributed by atoms with E-state index in [-0.39, 0.29) is 0 Å². The summed E-state index contributed by atoms with van der Waals surface area (Å²) in [4.78, 5) is 13.9. The van der Waals surface area contributed by atoms with E-state index in [1.54, 1.807) is 0 Å². The predicted octanol–water partition coefficient (Wildman–Crippen LogP) is 1.77. The second-order valence-corrected chi connectivity index (χ2v) is 5.52. The summed E-state index contributed by atoms with van der Waals surface area (Å²) in [6.07, 6.45) is 4.34.